The first-order valence-corrected chi connectivity index (χ1v) is 13.9. The molecule has 0 unspecified atom stereocenters. The van der Waals surface area contributed by atoms with E-state index in [2.05, 4.69) is 26.9 Å². The van der Waals surface area contributed by atoms with Gasteiger partial charge in [0.05, 0.1) is 30.0 Å². The lowest BCUT2D eigenvalue weighted by Crippen LogP contribution is -2.45. The van der Waals surface area contributed by atoms with Crippen molar-refractivity contribution in [3.05, 3.63) is 95.6 Å². The number of hydrogen-bond acceptors (Lipinski definition) is 6. The van der Waals surface area contributed by atoms with Crippen LogP contribution in [0.2, 0.25) is 0 Å². The van der Waals surface area contributed by atoms with E-state index in [0.29, 0.717) is 29.3 Å². The van der Waals surface area contributed by atoms with Gasteiger partial charge in [-0.15, -0.1) is 0 Å². The predicted molar refractivity (Wildman–Crippen MR) is 153 cm³/mol. The van der Waals surface area contributed by atoms with Crippen LogP contribution < -0.4 is 4.74 Å². The van der Waals surface area contributed by atoms with Gasteiger partial charge in [-0.1, -0.05) is 24.3 Å². The zero-order valence-electron chi connectivity index (χ0n) is 23.2. The summed E-state index contributed by atoms with van der Waals surface area (Å²) < 4.78 is 48.9. The zero-order valence-corrected chi connectivity index (χ0v) is 23.2. The monoisotopic (exact) mass is 576 g/mol. The number of ether oxygens (including phenoxy) is 1. The maximum absolute atomic E-state index is 13.4. The number of ketones is 1. The highest BCUT2D eigenvalue weighted by Gasteiger charge is 2.30. The quantitative estimate of drug-likeness (QED) is 0.235. The van der Waals surface area contributed by atoms with Crippen LogP contribution in [0.15, 0.2) is 73.2 Å². The van der Waals surface area contributed by atoms with Gasteiger partial charge in [-0.2, -0.15) is 18.3 Å². The average Bonchev–Trinajstić information content (AvgIpc) is 3.58. The first kappa shape index (κ1) is 27.9. The average molecular weight is 577 g/mol. The fourth-order valence-electron chi connectivity index (χ4n) is 5.35. The molecular formula is C31H31F3N6O2. The number of aromatic nitrogens is 4. The zero-order chi connectivity index (χ0) is 29.3. The highest BCUT2D eigenvalue weighted by molar-refractivity contribution is 5.99. The van der Waals surface area contributed by atoms with Gasteiger partial charge < -0.3 is 9.64 Å². The van der Waals surface area contributed by atoms with Gasteiger partial charge in [-0.25, -0.2) is 4.98 Å². The number of carbonyl (C=O) groups excluding carboxylic acids is 1. The summed E-state index contributed by atoms with van der Waals surface area (Å²) in [5, 5.41) is 5.20. The van der Waals surface area contributed by atoms with Crippen LogP contribution in [-0.4, -0.2) is 81.1 Å². The third-order valence-corrected chi connectivity index (χ3v) is 7.76. The number of carbonyl (C=O) groups is 1. The molecule has 0 atom stereocenters. The molecule has 1 aliphatic rings. The molecule has 0 bridgehead atoms. The summed E-state index contributed by atoms with van der Waals surface area (Å²) >= 11 is 0. The summed E-state index contributed by atoms with van der Waals surface area (Å²) in [5.41, 5.74) is 2.41. The number of fused-ring (bicyclic) bond motifs is 2. The van der Waals surface area contributed by atoms with Gasteiger partial charge in [0.25, 0.3) is 0 Å². The van der Waals surface area contributed by atoms with Gasteiger partial charge >= 0.3 is 6.18 Å². The molecule has 11 heteroatoms. The van der Waals surface area contributed by atoms with Crippen LogP contribution in [-0.2, 0) is 19.1 Å². The molecule has 0 amide bonds. The molecule has 0 spiro atoms. The molecule has 5 aromatic rings. The van der Waals surface area contributed by atoms with Gasteiger partial charge in [0.2, 0.25) is 0 Å². The van der Waals surface area contributed by atoms with Gasteiger partial charge in [0.15, 0.2) is 5.78 Å². The molecule has 1 aliphatic heterocycles. The summed E-state index contributed by atoms with van der Waals surface area (Å²) in [5.74, 6) is 0.601. The lowest BCUT2D eigenvalue weighted by atomic mass is 10.0. The molecule has 1 fully saturated rings. The Morgan fingerprint density at radius 2 is 1.81 bits per heavy atom. The van der Waals surface area contributed by atoms with E-state index in [1.54, 1.807) is 33.7 Å². The van der Waals surface area contributed by atoms with E-state index in [4.69, 9.17) is 4.74 Å². The molecule has 3 aromatic heterocycles. The number of likely N-dealkylation sites (N-methyl/N-ethyl adjacent to an activating group) is 1. The molecule has 2 aromatic carbocycles. The number of piperazine rings is 1. The molecule has 6 rings (SSSR count). The summed E-state index contributed by atoms with van der Waals surface area (Å²) in [7, 11) is 2.13. The molecule has 0 radical (unpaired) electrons. The third-order valence-electron chi connectivity index (χ3n) is 7.76. The summed E-state index contributed by atoms with van der Waals surface area (Å²) in [4.78, 5) is 22.5. The van der Waals surface area contributed by atoms with E-state index < -0.39 is 11.7 Å². The predicted octanol–water partition coefficient (Wildman–Crippen LogP) is 4.80. The van der Waals surface area contributed by atoms with Crippen LogP contribution in [0.25, 0.3) is 16.6 Å². The Morgan fingerprint density at radius 3 is 2.62 bits per heavy atom. The minimum atomic E-state index is -4.41. The number of halogens is 3. The number of nitrogens with zero attached hydrogens (tertiary/aromatic N) is 6. The Labute approximate surface area is 240 Å². The van der Waals surface area contributed by atoms with E-state index in [1.807, 2.05) is 30.3 Å². The molecule has 42 heavy (non-hydrogen) atoms. The standard InChI is InChI=1S/C31H31F3N6O2/c1-37-10-12-38(13-11-37)14-15-42-25-8-9-39-28(20-35-30(39)18-25)29(41)17-23-5-3-7-27-26(23)19-36-40(27)21-22-4-2-6-24(16-22)31(32,33)34/h2-9,16,18-20H,10-15,17,21H2,1H3. The third kappa shape index (κ3) is 6.02. The highest BCUT2D eigenvalue weighted by atomic mass is 19.4. The van der Waals surface area contributed by atoms with Crippen molar-refractivity contribution in [3.8, 4) is 5.75 Å². The molecule has 4 heterocycles. The molecule has 218 valence electrons. The van der Waals surface area contributed by atoms with E-state index in [0.717, 1.165) is 61.3 Å². The number of hydrogen-bond donors (Lipinski definition) is 0. The smallest absolute Gasteiger partial charge is 0.416 e. The Bertz CT molecular complexity index is 1720. The Hall–Kier alpha value is -4.22. The van der Waals surface area contributed by atoms with Crippen LogP contribution >= 0.6 is 0 Å². The van der Waals surface area contributed by atoms with Crippen LogP contribution in [0.5, 0.6) is 5.75 Å². The van der Waals surface area contributed by atoms with Crippen LogP contribution in [0, 0.1) is 0 Å². The fraction of sp³-hybridized carbons (Fsp3) is 0.323. The van der Waals surface area contributed by atoms with Crippen LogP contribution in [0.3, 0.4) is 0 Å². The Morgan fingerprint density at radius 1 is 1.00 bits per heavy atom. The van der Waals surface area contributed by atoms with E-state index >= 15 is 0 Å². The molecule has 8 nitrogen and oxygen atoms in total. The maximum Gasteiger partial charge on any atom is 0.416 e. The lowest BCUT2D eigenvalue weighted by molar-refractivity contribution is -0.137. The second-order valence-electron chi connectivity index (χ2n) is 10.7. The number of rotatable bonds is 9. The summed E-state index contributed by atoms with van der Waals surface area (Å²) in [6.45, 7) is 5.82. The topological polar surface area (TPSA) is 67.9 Å². The van der Waals surface area contributed by atoms with Crippen molar-refractivity contribution < 1.29 is 22.7 Å². The number of benzene rings is 2. The number of alkyl halides is 3. The van der Waals surface area contributed by atoms with E-state index in [9.17, 15) is 18.0 Å². The fourth-order valence-corrected chi connectivity index (χ4v) is 5.35. The SMILES string of the molecule is CN1CCN(CCOc2ccn3c(C(=O)Cc4cccc5c4cnn5Cc4cccc(C(F)(F)F)c4)cnc3c2)CC1. The van der Waals surface area contributed by atoms with Gasteiger partial charge in [0, 0.05) is 56.8 Å². The molecule has 0 N–H and O–H groups in total. The number of Topliss-reactive ketones (excluding diaryl/α,β-unsaturated/α-hetero) is 1. The first-order chi connectivity index (χ1) is 20.2. The van der Waals surface area contributed by atoms with Crippen LogP contribution in [0.4, 0.5) is 13.2 Å². The minimum absolute atomic E-state index is 0.107. The largest absolute Gasteiger partial charge is 0.492 e. The number of pyridine rings is 1. The van der Waals surface area contributed by atoms with Gasteiger partial charge in [-0.05, 0) is 42.4 Å². The van der Waals surface area contributed by atoms with Crippen LogP contribution in [0.1, 0.15) is 27.2 Å². The van der Waals surface area contributed by atoms with Crippen molar-refractivity contribution in [1.29, 1.82) is 0 Å². The molecular weight excluding hydrogens is 545 g/mol. The van der Waals surface area contributed by atoms with E-state index in [-0.39, 0.29) is 18.7 Å². The van der Waals surface area contributed by atoms with Gasteiger partial charge in [0.1, 0.15) is 23.7 Å². The van der Waals surface area contributed by atoms with Crippen molar-refractivity contribution in [3.63, 3.8) is 0 Å². The second-order valence-corrected chi connectivity index (χ2v) is 10.7. The minimum Gasteiger partial charge on any atom is -0.492 e. The first-order valence-electron chi connectivity index (χ1n) is 13.9. The van der Waals surface area contributed by atoms with Crippen molar-refractivity contribution in [1.82, 2.24) is 29.0 Å². The highest BCUT2D eigenvalue weighted by Crippen LogP contribution is 2.30. The van der Waals surface area contributed by atoms with Crippen molar-refractivity contribution in [2.75, 3.05) is 46.4 Å². The molecule has 0 saturated carbocycles. The van der Waals surface area contributed by atoms with E-state index in [1.165, 1.54) is 6.07 Å². The van der Waals surface area contributed by atoms with Crippen molar-refractivity contribution in [2.45, 2.75) is 19.1 Å². The number of imidazole rings is 1. The Kier molecular flexibility index (Phi) is 7.70. The molecule has 1 saturated heterocycles. The maximum atomic E-state index is 13.4. The Balaban J connectivity index is 1.13. The summed E-state index contributed by atoms with van der Waals surface area (Å²) in [6, 6.07) is 14.4. The van der Waals surface area contributed by atoms with Gasteiger partial charge in [-0.3, -0.25) is 18.8 Å². The summed E-state index contributed by atoms with van der Waals surface area (Å²) in [6.07, 6.45) is 0.750. The second kappa shape index (κ2) is 11.6. The molecule has 0 aliphatic carbocycles. The normalized spacial score (nSPS) is 15.0. The lowest BCUT2D eigenvalue weighted by Gasteiger charge is -2.32. The van der Waals surface area contributed by atoms with Crippen molar-refractivity contribution >= 4 is 22.3 Å². The van der Waals surface area contributed by atoms with Crippen molar-refractivity contribution in [2.24, 2.45) is 0 Å².